The van der Waals surface area contributed by atoms with Crippen LogP contribution in [0, 0.1) is 11.2 Å². The molecule has 0 unspecified atom stereocenters. The molecule has 1 rings (SSSR count). The normalized spacial score (nSPS) is 12.3. The van der Waals surface area contributed by atoms with Crippen molar-refractivity contribution in [2.75, 3.05) is 6.54 Å². The average Bonchev–Trinajstić information content (AvgIpc) is 2.23. The van der Waals surface area contributed by atoms with Crippen LogP contribution in [0.4, 0.5) is 4.39 Å². The number of sulfonamides is 1. The fraction of sp³-hybridized carbons (Fsp3) is 0.417. The molecule has 5 nitrogen and oxygen atoms in total. The molecule has 0 bridgehead atoms. The second-order valence-electron chi connectivity index (χ2n) is 5.55. The van der Waals surface area contributed by atoms with Crippen molar-refractivity contribution in [1.29, 1.82) is 0 Å². The third kappa shape index (κ3) is 4.53. The molecule has 0 aliphatic carbocycles. The quantitative estimate of drug-likeness (QED) is 0.857. The Kier molecular flexibility index (Phi) is 4.94. The summed E-state index contributed by atoms with van der Waals surface area (Å²) in [6.07, 6.45) is 0. The lowest BCUT2D eigenvalue weighted by molar-refractivity contribution is 0.0938. The molecule has 0 heterocycles. The van der Waals surface area contributed by atoms with E-state index in [0.717, 1.165) is 12.1 Å². The molecule has 0 aliphatic rings. The zero-order valence-electron chi connectivity index (χ0n) is 11.3. The predicted octanol–water partition coefficient (Wildman–Crippen LogP) is 2.01. The van der Waals surface area contributed by atoms with Gasteiger partial charge in [-0.15, -0.1) is 0 Å². The van der Waals surface area contributed by atoms with E-state index in [9.17, 15) is 17.6 Å². The number of nitrogens with two attached hydrogens (primary N) is 1. The molecule has 0 saturated heterocycles. The van der Waals surface area contributed by atoms with Crippen molar-refractivity contribution < 1.29 is 17.6 Å². The van der Waals surface area contributed by atoms with Gasteiger partial charge in [0.25, 0.3) is 5.91 Å². The van der Waals surface area contributed by atoms with Crippen molar-refractivity contribution >= 4 is 31.9 Å². The molecular weight excluding hydrogens is 351 g/mol. The van der Waals surface area contributed by atoms with Crippen LogP contribution < -0.4 is 10.5 Å². The molecule has 0 radical (unpaired) electrons. The first-order valence-electron chi connectivity index (χ1n) is 5.72. The van der Waals surface area contributed by atoms with Gasteiger partial charge in [-0.2, -0.15) is 0 Å². The van der Waals surface area contributed by atoms with E-state index >= 15 is 0 Å². The van der Waals surface area contributed by atoms with Crippen LogP contribution in [0.1, 0.15) is 31.1 Å². The monoisotopic (exact) mass is 366 g/mol. The topological polar surface area (TPSA) is 89.3 Å². The lowest BCUT2D eigenvalue weighted by atomic mass is 9.97. The lowest BCUT2D eigenvalue weighted by Crippen LogP contribution is -2.32. The second kappa shape index (κ2) is 5.79. The van der Waals surface area contributed by atoms with Crippen LogP contribution in [0.2, 0.25) is 0 Å². The molecule has 20 heavy (non-hydrogen) atoms. The van der Waals surface area contributed by atoms with Gasteiger partial charge < -0.3 is 5.32 Å². The summed E-state index contributed by atoms with van der Waals surface area (Å²) in [4.78, 5) is 11.3. The first kappa shape index (κ1) is 17.1. The number of hydrogen-bond donors (Lipinski definition) is 2. The van der Waals surface area contributed by atoms with E-state index < -0.39 is 26.6 Å². The highest BCUT2D eigenvalue weighted by Gasteiger charge is 2.21. The maximum atomic E-state index is 13.5. The molecule has 0 fully saturated rings. The Balaban J connectivity index is 3.16. The summed E-state index contributed by atoms with van der Waals surface area (Å²) < 4.78 is 36.2. The van der Waals surface area contributed by atoms with E-state index in [4.69, 9.17) is 5.14 Å². The molecule has 0 atom stereocenters. The summed E-state index contributed by atoms with van der Waals surface area (Å²) in [6, 6.07) is 1.83. The van der Waals surface area contributed by atoms with Crippen molar-refractivity contribution in [2.45, 2.75) is 25.7 Å². The Bertz CT molecular complexity index is 639. The number of hydrogen-bond acceptors (Lipinski definition) is 3. The van der Waals surface area contributed by atoms with Crippen molar-refractivity contribution in [3.63, 3.8) is 0 Å². The van der Waals surface area contributed by atoms with Gasteiger partial charge in [0.15, 0.2) is 0 Å². The summed E-state index contributed by atoms with van der Waals surface area (Å²) in [7, 11) is -4.23. The molecular formula is C12H16BrFN2O3S. The zero-order chi connectivity index (χ0) is 15.7. The Morgan fingerprint density at radius 2 is 1.95 bits per heavy atom. The van der Waals surface area contributed by atoms with Crippen molar-refractivity contribution in [3.8, 4) is 0 Å². The maximum absolute atomic E-state index is 13.5. The SMILES string of the molecule is CC(C)(C)CNC(=O)c1cc(S(N)(=O)=O)c(F)cc1Br. The van der Waals surface area contributed by atoms with E-state index in [2.05, 4.69) is 21.2 Å². The second-order valence-corrected chi connectivity index (χ2v) is 7.94. The van der Waals surface area contributed by atoms with E-state index in [1.807, 2.05) is 20.8 Å². The highest BCUT2D eigenvalue weighted by atomic mass is 79.9. The molecule has 8 heteroatoms. The zero-order valence-corrected chi connectivity index (χ0v) is 13.7. The van der Waals surface area contributed by atoms with E-state index in [1.165, 1.54) is 0 Å². The van der Waals surface area contributed by atoms with Gasteiger partial charge in [0.2, 0.25) is 10.0 Å². The molecule has 1 aromatic carbocycles. The third-order valence-corrected chi connectivity index (χ3v) is 3.93. The van der Waals surface area contributed by atoms with Crippen LogP contribution in [0.25, 0.3) is 0 Å². The number of primary sulfonamides is 1. The van der Waals surface area contributed by atoms with E-state index in [0.29, 0.717) is 6.54 Å². The van der Waals surface area contributed by atoms with Gasteiger partial charge in [0, 0.05) is 11.0 Å². The highest BCUT2D eigenvalue weighted by molar-refractivity contribution is 9.10. The number of amides is 1. The molecule has 0 aliphatic heterocycles. The van der Waals surface area contributed by atoms with E-state index in [1.54, 1.807) is 0 Å². The molecule has 112 valence electrons. The van der Waals surface area contributed by atoms with Crippen LogP contribution in [0.3, 0.4) is 0 Å². The van der Waals surface area contributed by atoms with Crippen molar-refractivity contribution in [1.82, 2.24) is 5.32 Å². The Labute approximate surface area is 125 Å². The molecule has 0 spiro atoms. The summed E-state index contributed by atoms with van der Waals surface area (Å²) >= 11 is 3.03. The Morgan fingerprint density at radius 3 is 2.40 bits per heavy atom. The average molecular weight is 367 g/mol. The summed E-state index contributed by atoms with van der Waals surface area (Å²) in [5.41, 5.74) is -0.120. The van der Waals surface area contributed by atoms with Gasteiger partial charge in [-0.1, -0.05) is 20.8 Å². The number of carbonyl (C=O) groups excluding carboxylic acids is 1. The number of benzene rings is 1. The summed E-state index contributed by atoms with van der Waals surface area (Å²) in [6.45, 7) is 6.19. The minimum Gasteiger partial charge on any atom is -0.351 e. The first-order valence-corrected chi connectivity index (χ1v) is 8.06. The standard InChI is InChI=1S/C12H16BrFN2O3S/c1-12(2,3)6-16-11(17)7-4-10(20(15,18)19)9(14)5-8(7)13/h4-5H,6H2,1-3H3,(H,16,17)(H2,15,18,19). The maximum Gasteiger partial charge on any atom is 0.252 e. The van der Waals surface area contributed by atoms with Gasteiger partial charge in [0.05, 0.1) is 5.56 Å². The van der Waals surface area contributed by atoms with Crippen LogP contribution in [0.5, 0.6) is 0 Å². The number of halogens is 2. The molecule has 0 aromatic heterocycles. The van der Waals surface area contributed by atoms with Crippen LogP contribution >= 0.6 is 15.9 Å². The van der Waals surface area contributed by atoms with Gasteiger partial charge in [0.1, 0.15) is 10.7 Å². The van der Waals surface area contributed by atoms with Gasteiger partial charge in [-0.05, 0) is 33.5 Å². The minimum absolute atomic E-state index is 0.0136. The predicted molar refractivity (Wildman–Crippen MR) is 77.3 cm³/mol. The molecule has 3 N–H and O–H groups in total. The van der Waals surface area contributed by atoms with Crippen LogP contribution in [-0.4, -0.2) is 20.9 Å². The van der Waals surface area contributed by atoms with Crippen molar-refractivity contribution in [2.24, 2.45) is 10.6 Å². The first-order chi connectivity index (χ1) is 8.92. The lowest BCUT2D eigenvalue weighted by Gasteiger charge is -2.19. The minimum atomic E-state index is -4.23. The number of nitrogens with one attached hydrogen (secondary N) is 1. The van der Waals surface area contributed by atoms with E-state index in [-0.39, 0.29) is 15.5 Å². The van der Waals surface area contributed by atoms with Gasteiger partial charge in [-0.25, -0.2) is 17.9 Å². The van der Waals surface area contributed by atoms with Crippen molar-refractivity contribution in [3.05, 3.63) is 28.0 Å². The Morgan fingerprint density at radius 1 is 1.40 bits per heavy atom. The van der Waals surface area contributed by atoms with Crippen LogP contribution in [-0.2, 0) is 10.0 Å². The molecule has 1 amide bonds. The summed E-state index contributed by atoms with van der Waals surface area (Å²) in [5, 5.41) is 7.56. The molecule has 0 saturated carbocycles. The number of rotatable bonds is 3. The van der Waals surface area contributed by atoms with Crippen LogP contribution in [0.15, 0.2) is 21.5 Å². The fourth-order valence-corrected chi connectivity index (χ4v) is 2.47. The van der Waals surface area contributed by atoms with Gasteiger partial charge >= 0.3 is 0 Å². The fourth-order valence-electron chi connectivity index (χ4n) is 1.36. The van der Waals surface area contributed by atoms with Gasteiger partial charge in [-0.3, -0.25) is 4.79 Å². The number of carbonyl (C=O) groups is 1. The smallest absolute Gasteiger partial charge is 0.252 e. The Hall–Kier alpha value is -0.990. The third-order valence-electron chi connectivity index (χ3n) is 2.35. The summed E-state index contributed by atoms with van der Waals surface area (Å²) in [5.74, 6) is -1.51. The largest absolute Gasteiger partial charge is 0.351 e. The molecule has 1 aromatic rings. The highest BCUT2D eigenvalue weighted by Crippen LogP contribution is 2.24.